The van der Waals surface area contributed by atoms with Crippen LogP contribution in [0, 0.1) is 5.92 Å². The van der Waals surface area contributed by atoms with Crippen LogP contribution in [-0.2, 0) is 11.2 Å². The van der Waals surface area contributed by atoms with Gasteiger partial charge in [0.05, 0.1) is 0 Å². The Morgan fingerprint density at radius 3 is 2.40 bits per heavy atom. The van der Waals surface area contributed by atoms with Crippen molar-refractivity contribution in [2.75, 3.05) is 0 Å². The fourth-order valence-electron chi connectivity index (χ4n) is 1.40. The van der Waals surface area contributed by atoms with Crippen molar-refractivity contribution < 1.29 is 9.90 Å². The van der Waals surface area contributed by atoms with Crippen LogP contribution in [0.25, 0.3) is 6.08 Å². The molecule has 0 bridgehead atoms. The lowest BCUT2D eigenvalue weighted by Crippen LogP contribution is -1.93. The number of aliphatic carboxylic acids is 1. The largest absolute Gasteiger partial charge is 0.478 e. The molecule has 0 amide bonds. The molecule has 0 atom stereocenters. The second-order valence-corrected chi connectivity index (χ2v) is 4.01. The molecule has 1 N–H and O–H groups in total. The standard InChI is InChI=1S/C13H16O2/c1-10(2)9-12-5-3-11(4-6-12)7-8-13(14)15/h3-8,10H,9H2,1-2H3,(H,14,15)/b8-7-. The normalized spacial score (nSPS) is 11.1. The zero-order valence-corrected chi connectivity index (χ0v) is 9.10. The van der Waals surface area contributed by atoms with E-state index in [9.17, 15) is 4.79 Å². The summed E-state index contributed by atoms with van der Waals surface area (Å²) in [6.45, 7) is 4.36. The Hall–Kier alpha value is -1.57. The third-order valence-corrected chi connectivity index (χ3v) is 2.04. The summed E-state index contributed by atoms with van der Waals surface area (Å²) in [5.74, 6) is -0.272. The van der Waals surface area contributed by atoms with Crippen molar-refractivity contribution in [1.82, 2.24) is 0 Å². The number of carboxylic acid groups (broad SMARTS) is 1. The van der Waals surface area contributed by atoms with Gasteiger partial charge >= 0.3 is 5.97 Å². The molecule has 0 heterocycles. The topological polar surface area (TPSA) is 37.3 Å². The van der Waals surface area contributed by atoms with Gasteiger partial charge in [-0.3, -0.25) is 0 Å². The van der Waals surface area contributed by atoms with Crippen LogP contribution in [0.3, 0.4) is 0 Å². The highest BCUT2D eigenvalue weighted by Crippen LogP contribution is 2.10. The molecular weight excluding hydrogens is 188 g/mol. The van der Waals surface area contributed by atoms with Crippen LogP contribution in [0.1, 0.15) is 25.0 Å². The van der Waals surface area contributed by atoms with E-state index in [1.54, 1.807) is 6.08 Å². The van der Waals surface area contributed by atoms with Gasteiger partial charge in [-0.1, -0.05) is 38.1 Å². The lowest BCUT2D eigenvalue weighted by molar-refractivity contribution is -0.131. The Balaban J connectivity index is 2.68. The third-order valence-electron chi connectivity index (χ3n) is 2.04. The average molecular weight is 204 g/mol. The minimum atomic E-state index is -0.916. The first kappa shape index (κ1) is 11.5. The van der Waals surface area contributed by atoms with Crippen LogP contribution in [0.4, 0.5) is 0 Å². The van der Waals surface area contributed by atoms with Crippen molar-refractivity contribution in [1.29, 1.82) is 0 Å². The van der Waals surface area contributed by atoms with Crippen LogP contribution in [0.5, 0.6) is 0 Å². The summed E-state index contributed by atoms with van der Waals surface area (Å²) in [4.78, 5) is 10.3. The second-order valence-electron chi connectivity index (χ2n) is 4.01. The fourth-order valence-corrected chi connectivity index (χ4v) is 1.40. The molecule has 0 radical (unpaired) electrons. The van der Waals surface area contributed by atoms with E-state index in [1.165, 1.54) is 5.56 Å². The van der Waals surface area contributed by atoms with Crippen molar-refractivity contribution in [2.24, 2.45) is 5.92 Å². The minimum Gasteiger partial charge on any atom is -0.478 e. The maximum atomic E-state index is 10.3. The molecule has 0 aliphatic rings. The number of rotatable bonds is 4. The molecule has 0 saturated carbocycles. The van der Waals surface area contributed by atoms with E-state index in [1.807, 2.05) is 24.3 Å². The lowest BCUT2D eigenvalue weighted by atomic mass is 10.0. The maximum Gasteiger partial charge on any atom is 0.328 e. The molecule has 1 rings (SSSR count). The van der Waals surface area contributed by atoms with E-state index in [4.69, 9.17) is 5.11 Å². The highest BCUT2D eigenvalue weighted by molar-refractivity contribution is 5.85. The number of carbonyl (C=O) groups is 1. The summed E-state index contributed by atoms with van der Waals surface area (Å²) in [7, 11) is 0. The maximum absolute atomic E-state index is 10.3. The van der Waals surface area contributed by atoms with Gasteiger partial charge in [-0.2, -0.15) is 0 Å². The summed E-state index contributed by atoms with van der Waals surface area (Å²) in [6.07, 6.45) is 3.81. The Morgan fingerprint density at radius 2 is 1.93 bits per heavy atom. The van der Waals surface area contributed by atoms with Crippen molar-refractivity contribution in [3.8, 4) is 0 Å². The lowest BCUT2D eigenvalue weighted by Gasteiger charge is -2.04. The van der Waals surface area contributed by atoms with Gasteiger partial charge in [0.25, 0.3) is 0 Å². The first-order valence-electron chi connectivity index (χ1n) is 5.08. The summed E-state index contributed by atoms with van der Waals surface area (Å²) in [5.41, 5.74) is 2.21. The Morgan fingerprint density at radius 1 is 1.33 bits per heavy atom. The van der Waals surface area contributed by atoms with Crippen LogP contribution < -0.4 is 0 Å². The summed E-state index contributed by atoms with van der Waals surface area (Å²) in [6, 6.07) is 7.97. The van der Waals surface area contributed by atoms with E-state index in [0.29, 0.717) is 5.92 Å². The first-order valence-corrected chi connectivity index (χ1v) is 5.08. The molecule has 0 aromatic heterocycles. The van der Waals surface area contributed by atoms with Gasteiger partial charge in [-0.05, 0) is 29.5 Å². The predicted molar refractivity (Wildman–Crippen MR) is 61.7 cm³/mol. The monoisotopic (exact) mass is 204 g/mol. The second kappa shape index (κ2) is 5.35. The molecule has 1 aromatic rings. The molecular formula is C13H16O2. The molecule has 0 aliphatic heterocycles. The van der Waals surface area contributed by atoms with Crippen LogP contribution >= 0.6 is 0 Å². The van der Waals surface area contributed by atoms with E-state index >= 15 is 0 Å². The Kier molecular flexibility index (Phi) is 4.10. The number of hydrogen-bond donors (Lipinski definition) is 1. The SMILES string of the molecule is CC(C)Cc1ccc(/C=C\C(=O)O)cc1. The molecule has 0 saturated heterocycles. The van der Waals surface area contributed by atoms with Gasteiger partial charge in [-0.25, -0.2) is 4.79 Å². The summed E-state index contributed by atoms with van der Waals surface area (Å²) < 4.78 is 0. The van der Waals surface area contributed by atoms with Crippen molar-refractivity contribution >= 4 is 12.0 Å². The van der Waals surface area contributed by atoms with Gasteiger partial charge in [0, 0.05) is 6.08 Å². The molecule has 0 spiro atoms. The van der Waals surface area contributed by atoms with Gasteiger partial charge in [0.1, 0.15) is 0 Å². The molecule has 2 nitrogen and oxygen atoms in total. The minimum absolute atomic E-state index is 0.644. The van der Waals surface area contributed by atoms with Gasteiger partial charge in [-0.15, -0.1) is 0 Å². The predicted octanol–water partition coefficient (Wildman–Crippen LogP) is 2.98. The van der Waals surface area contributed by atoms with Gasteiger partial charge < -0.3 is 5.11 Å². The summed E-state index contributed by atoms with van der Waals surface area (Å²) in [5, 5.41) is 8.46. The Bertz CT molecular complexity index is 347. The van der Waals surface area contributed by atoms with Gasteiger partial charge in [0.2, 0.25) is 0 Å². The molecule has 15 heavy (non-hydrogen) atoms. The third kappa shape index (κ3) is 4.45. The molecule has 0 unspecified atom stereocenters. The molecule has 0 aliphatic carbocycles. The quantitative estimate of drug-likeness (QED) is 0.765. The summed E-state index contributed by atoms with van der Waals surface area (Å²) >= 11 is 0. The van der Waals surface area contributed by atoms with E-state index in [2.05, 4.69) is 13.8 Å². The van der Waals surface area contributed by atoms with Crippen LogP contribution in [-0.4, -0.2) is 11.1 Å². The van der Waals surface area contributed by atoms with Crippen LogP contribution in [0.2, 0.25) is 0 Å². The van der Waals surface area contributed by atoms with E-state index in [-0.39, 0.29) is 0 Å². The molecule has 80 valence electrons. The molecule has 1 aromatic carbocycles. The highest BCUT2D eigenvalue weighted by Gasteiger charge is 1.97. The Labute approximate surface area is 90.3 Å². The van der Waals surface area contributed by atoms with Crippen molar-refractivity contribution in [3.63, 3.8) is 0 Å². The number of hydrogen-bond acceptors (Lipinski definition) is 1. The zero-order valence-electron chi connectivity index (χ0n) is 9.10. The number of carboxylic acids is 1. The molecule has 0 fully saturated rings. The average Bonchev–Trinajstić information content (AvgIpc) is 2.16. The van der Waals surface area contributed by atoms with Gasteiger partial charge in [0.15, 0.2) is 0 Å². The smallest absolute Gasteiger partial charge is 0.328 e. The first-order chi connectivity index (χ1) is 7.08. The van der Waals surface area contributed by atoms with E-state index in [0.717, 1.165) is 18.1 Å². The zero-order chi connectivity index (χ0) is 11.3. The van der Waals surface area contributed by atoms with Crippen LogP contribution in [0.15, 0.2) is 30.3 Å². The highest BCUT2D eigenvalue weighted by atomic mass is 16.4. The van der Waals surface area contributed by atoms with E-state index < -0.39 is 5.97 Å². The number of benzene rings is 1. The molecule has 2 heteroatoms. The van der Waals surface area contributed by atoms with Crippen molar-refractivity contribution in [2.45, 2.75) is 20.3 Å². The van der Waals surface area contributed by atoms with Crippen molar-refractivity contribution in [3.05, 3.63) is 41.5 Å². The fraction of sp³-hybridized carbons (Fsp3) is 0.308.